The summed E-state index contributed by atoms with van der Waals surface area (Å²) >= 11 is 5.34. The Morgan fingerprint density at radius 1 is 1.48 bits per heavy atom. The van der Waals surface area contributed by atoms with Crippen LogP contribution in [0.4, 0.5) is 0 Å². The number of aliphatic carboxylic acids is 1. The molecular weight excluding hydrogens is 292 g/mol. The maximum atomic E-state index is 11.1. The zero-order chi connectivity index (χ0) is 15.6. The van der Waals surface area contributed by atoms with Crippen molar-refractivity contribution >= 4 is 39.8 Å². The van der Waals surface area contributed by atoms with Gasteiger partial charge >= 0.3 is 5.97 Å². The standard InChI is InChI=1S/C15H11ClN2O3/c1-9-2-3-13-12(4-9)11(5-10(6-17)15(16)21)7-18(13)8-14(19)20/h2-5,7H,8H2,1H3,(H,19,20). The summed E-state index contributed by atoms with van der Waals surface area (Å²) in [5.41, 5.74) is 2.10. The molecule has 0 unspecified atom stereocenters. The molecule has 1 N–H and O–H groups in total. The summed E-state index contributed by atoms with van der Waals surface area (Å²) in [6.07, 6.45) is 2.96. The van der Waals surface area contributed by atoms with Gasteiger partial charge in [0.25, 0.3) is 5.24 Å². The molecule has 21 heavy (non-hydrogen) atoms. The SMILES string of the molecule is Cc1ccc2c(c1)c(C=C(C#N)C(=O)Cl)cn2CC(=O)O. The molecule has 1 aromatic heterocycles. The first kappa shape index (κ1) is 14.8. The predicted octanol–water partition coefficient (Wildman–Crippen LogP) is 2.71. The van der Waals surface area contributed by atoms with Gasteiger partial charge in [-0.1, -0.05) is 11.6 Å². The first-order valence-corrected chi connectivity index (χ1v) is 6.43. The smallest absolute Gasteiger partial charge is 0.323 e. The highest BCUT2D eigenvalue weighted by Gasteiger charge is 2.12. The van der Waals surface area contributed by atoms with Gasteiger partial charge in [-0.15, -0.1) is 0 Å². The van der Waals surface area contributed by atoms with Gasteiger partial charge in [0.15, 0.2) is 0 Å². The Balaban J connectivity index is 2.69. The Kier molecular flexibility index (Phi) is 4.10. The molecule has 0 aliphatic heterocycles. The number of halogens is 1. The molecule has 0 fully saturated rings. The van der Waals surface area contributed by atoms with Crippen molar-refractivity contribution in [1.29, 1.82) is 5.26 Å². The molecule has 1 aromatic carbocycles. The van der Waals surface area contributed by atoms with Gasteiger partial charge in [0, 0.05) is 22.7 Å². The quantitative estimate of drug-likeness (QED) is 0.535. The van der Waals surface area contributed by atoms with Crippen LogP contribution in [0.5, 0.6) is 0 Å². The lowest BCUT2D eigenvalue weighted by atomic mass is 10.1. The highest BCUT2D eigenvalue weighted by atomic mass is 35.5. The first-order chi connectivity index (χ1) is 9.92. The molecule has 106 valence electrons. The highest BCUT2D eigenvalue weighted by molar-refractivity contribution is 6.68. The van der Waals surface area contributed by atoms with Crippen LogP contribution in [-0.2, 0) is 16.1 Å². The number of carboxylic acid groups (broad SMARTS) is 1. The number of allylic oxidation sites excluding steroid dienone is 1. The molecule has 2 rings (SSSR count). The van der Waals surface area contributed by atoms with E-state index in [1.54, 1.807) is 22.9 Å². The number of nitrogens with zero attached hydrogens (tertiary/aromatic N) is 2. The van der Waals surface area contributed by atoms with Crippen molar-refractivity contribution in [1.82, 2.24) is 4.57 Å². The van der Waals surface area contributed by atoms with Crippen LogP contribution in [0, 0.1) is 18.3 Å². The van der Waals surface area contributed by atoms with Crippen LogP contribution >= 0.6 is 11.6 Å². The molecule has 0 amide bonds. The third-order valence-electron chi connectivity index (χ3n) is 3.01. The van der Waals surface area contributed by atoms with E-state index in [4.69, 9.17) is 22.0 Å². The van der Waals surface area contributed by atoms with Gasteiger partial charge in [0.2, 0.25) is 0 Å². The molecule has 0 spiro atoms. The van der Waals surface area contributed by atoms with E-state index in [0.717, 1.165) is 10.9 Å². The van der Waals surface area contributed by atoms with Gasteiger partial charge in [-0.05, 0) is 36.7 Å². The van der Waals surface area contributed by atoms with Crippen LogP contribution in [0.25, 0.3) is 17.0 Å². The summed E-state index contributed by atoms with van der Waals surface area (Å²) in [6, 6.07) is 7.27. The second-order valence-electron chi connectivity index (χ2n) is 4.57. The largest absolute Gasteiger partial charge is 0.480 e. The van der Waals surface area contributed by atoms with E-state index in [2.05, 4.69) is 0 Å². The number of hydrogen-bond acceptors (Lipinski definition) is 3. The lowest BCUT2D eigenvalue weighted by Gasteiger charge is -2.01. The number of aromatic nitrogens is 1. The molecular formula is C15H11ClN2O3. The molecule has 0 aliphatic carbocycles. The highest BCUT2D eigenvalue weighted by Crippen LogP contribution is 2.25. The van der Waals surface area contributed by atoms with Crippen molar-refractivity contribution in [2.75, 3.05) is 0 Å². The third-order valence-corrected chi connectivity index (χ3v) is 3.21. The van der Waals surface area contributed by atoms with E-state index in [0.29, 0.717) is 11.1 Å². The number of rotatable bonds is 4. The minimum atomic E-state index is -0.975. The minimum Gasteiger partial charge on any atom is -0.480 e. The number of carboxylic acids is 1. The molecule has 0 aliphatic rings. The van der Waals surface area contributed by atoms with Crippen LogP contribution in [-0.4, -0.2) is 20.9 Å². The van der Waals surface area contributed by atoms with Gasteiger partial charge in [-0.25, -0.2) is 0 Å². The number of carbonyl (C=O) groups is 2. The zero-order valence-electron chi connectivity index (χ0n) is 11.1. The normalized spacial score (nSPS) is 11.4. The second kappa shape index (κ2) is 5.81. The van der Waals surface area contributed by atoms with Gasteiger partial charge in [-0.2, -0.15) is 5.26 Å². The fourth-order valence-corrected chi connectivity index (χ4v) is 2.22. The summed E-state index contributed by atoms with van der Waals surface area (Å²) in [7, 11) is 0. The van der Waals surface area contributed by atoms with E-state index in [1.165, 1.54) is 6.08 Å². The maximum Gasteiger partial charge on any atom is 0.323 e. The van der Waals surface area contributed by atoms with E-state index in [-0.39, 0.29) is 12.1 Å². The number of aryl methyl sites for hydroxylation is 1. The van der Waals surface area contributed by atoms with Crippen molar-refractivity contribution < 1.29 is 14.7 Å². The lowest BCUT2D eigenvalue weighted by Crippen LogP contribution is -2.07. The van der Waals surface area contributed by atoms with Gasteiger partial charge in [0.05, 0.1) is 0 Å². The summed E-state index contributed by atoms with van der Waals surface area (Å²) in [4.78, 5) is 22.1. The zero-order valence-corrected chi connectivity index (χ0v) is 11.9. The number of benzene rings is 1. The average molecular weight is 303 g/mol. The third kappa shape index (κ3) is 3.12. The number of carbonyl (C=O) groups excluding carboxylic acids is 1. The average Bonchev–Trinajstić information content (AvgIpc) is 2.72. The number of fused-ring (bicyclic) bond motifs is 1. The van der Waals surface area contributed by atoms with Crippen molar-refractivity contribution in [3.63, 3.8) is 0 Å². The Morgan fingerprint density at radius 2 is 2.19 bits per heavy atom. The van der Waals surface area contributed by atoms with Crippen LogP contribution in [0.1, 0.15) is 11.1 Å². The van der Waals surface area contributed by atoms with E-state index in [9.17, 15) is 9.59 Å². The molecule has 2 aromatic rings. The molecule has 1 heterocycles. The topological polar surface area (TPSA) is 83.1 Å². The van der Waals surface area contributed by atoms with Crippen molar-refractivity contribution in [2.24, 2.45) is 0 Å². The molecule has 0 atom stereocenters. The summed E-state index contributed by atoms with van der Waals surface area (Å²) in [6.45, 7) is 1.70. The molecule has 6 heteroatoms. The van der Waals surface area contributed by atoms with Crippen molar-refractivity contribution in [2.45, 2.75) is 13.5 Å². The fraction of sp³-hybridized carbons (Fsp3) is 0.133. The predicted molar refractivity (Wildman–Crippen MR) is 78.8 cm³/mol. The molecule has 0 radical (unpaired) electrons. The Labute approximate surface area is 125 Å². The number of nitriles is 1. The number of hydrogen-bond donors (Lipinski definition) is 1. The van der Waals surface area contributed by atoms with Gasteiger partial charge in [0.1, 0.15) is 18.2 Å². The maximum absolute atomic E-state index is 11.1. The van der Waals surface area contributed by atoms with Crippen LogP contribution in [0.15, 0.2) is 30.0 Å². The van der Waals surface area contributed by atoms with E-state index >= 15 is 0 Å². The van der Waals surface area contributed by atoms with Crippen molar-refractivity contribution in [3.8, 4) is 6.07 Å². The summed E-state index contributed by atoms with van der Waals surface area (Å²) < 4.78 is 1.55. The van der Waals surface area contributed by atoms with E-state index in [1.807, 2.05) is 19.1 Å². The molecule has 0 saturated heterocycles. The summed E-state index contributed by atoms with van der Waals surface area (Å²) in [5.74, 6) is -0.975. The monoisotopic (exact) mass is 302 g/mol. The van der Waals surface area contributed by atoms with Gasteiger partial charge < -0.3 is 9.67 Å². The lowest BCUT2D eigenvalue weighted by molar-refractivity contribution is -0.137. The molecule has 0 bridgehead atoms. The second-order valence-corrected chi connectivity index (χ2v) is 4.91. The molecule has 5 nitrogen and oxygen atoms in total. The Morgan fingerprint density at radius 3 is 2.76 bits per heavy atom. The Bertz CT molecular complexity index is 812. The summed E-state index contributed by atoms with van der Waals surface area (Å²) in [5, 5.41) is 17.8. The van der Waals surface area contributed by atoms with Crippen LogP contribution in [0.3, 0.4) is 0 Å². The Hall–Kier alpha value is -2.58. The fourth-order valence-electron chi connectivity index (χ4n) is 2.12. The first-order valence-electron chi connectivity index (χ1n) is 6.05. The van der Waals surface area contributed by atoms with Crippen molar-refractivity contribution in [3.05, 3.63) is 41.1 Å². The van der Waals surface area contributed by atoms with Crippen LogP contribution < -0.4 is 0 Å². The van der Waals surface area contributed by atoms with Gasteiger partial charge in [-0.3, -0.25) is 9.59 Å². The molecule has 0 saturated carbocycles. The van der Waals surface area contributed by atoms with Crippen LogP contribution in [0.2, 0.25) is 0 Å². The minimum absolute atomic E-state index is 0.187. The van der Waals surface area contributed by atoms with E-state index < -0.39 is 11.2 Å².